The number of carbonyl (C=O) groups excluding carboxylic acids is 1. The van der Waals surface area contributed by atoms with Crippen LogP contribution >= 0.6 is 23.2 Å². The van der Waals surface area contributed by atoms with Crippen LogP contribution in [-0.4, -0.2) is 26.8 Å². The van der Waals surface area contributed by atoms with Crippen molar-refractivity contribution in [1.29, 1.82) is 0 Å². The molecule has 4 rings (SSSR count). The Hall–Kier alpha value is -2.64. The number of rotatable bonds is 5. The zero-order valence-corrected chi connectivity index (χ0v) is 18.4. The van der Waals surface area contributed by atoms with Crippen molar-refractivity contribution in [3.63, 3.8) is 0 Å². The van der Waals surface area contributed by atoms with Gasteiger partial charge in [-0.25, -0.2) is 4.39 Å². The molecule has 0 spiro atoms. The van der Waals surface area contributed by atoms with Crippen LogP contribution in [0.3, 0.4) is 0 Å². The number of fused-ring (bicyclic) bond motifs is 1. The highest BCUT2D eigenvalue weighted by atomic mass is 35.5. The molecular formula is C22H21Cl2FN4O2. The molecule has 1 unspecified atom stereocenters. The second-order valence-electron chi connectivity index (χ2n) is 7.40. The molecular weight excluding hydrogens is 442 g/mol. The number of halogens is 3. The van der Waals surface area contributed by atoms with Crippen LogP contribution in [0.4, 0.5) is 10.1 Å². The maximum absolute atomic E-state index is 14.6. The summed E-state index contributed by atoms with van der Waals surface area (Å²) in [5, 5.41) is 11.8. The first-order valence-corrected chi connectivity index (χ1v) is 10.8. The molecule has 31 heavy (non-hydrogen) atoms. The molecule has 1 amide bonds. The van der Waals surface area contributed by atoms with E-state index in [0.717, 1.165) is 38.1 Å². The molecule has 162 valence electrons. The molecule has 0 aliphatic carbocycles. The third kappa shape index (κ3) is 4.67. The standard InChI is InChI=1S/C22H21Cl2FN4O2/c1-13(31-18-7-5-6-16(23)20(18)24)22(30)26-14-9-10-17(25)15(12-14)21-28-27-19-8-3-2-4-11-29(19)21/h5-7,9-10,12-13H,2-4,8,11H2,1H3,(H,26,30). The SMILES string of the molecule is CC(Oc1cccc(Cl)c1Cl)C(=O)Nc1ccc(F)c(-c2nnc3n2CCCCC3)c1. The monoisotopic (exact) mass is 462 g/mol. The van der Waals surface area contributed by atoms with Gasteiger partial charge in [0.25, 0.3) is 5.91 Å². The normalized spacial score (nSPS) is 14.5. The van der Waals surface area contributed by atoms with Crippen molar-refractivity contribution >= 4 is 34.8 Å². The summed E-state index contributed by atoms with van der Waals surface area (Å²) in [6.45, 7) is 2.34. The molecule has 0 bridgehead atoms. The predicted octanol–water partition coefficient (Wildman–Crippen LogP) is 5.52. The third-order valence-electron chi connectivity index (χ3n) is 5.17. The molecule has 1 aliphatic heterocycles. The highest BCUT2D eigenvalue weighted by Crippen LogP contribution is 2.32. The van der Waals surface area contributed by atoms with E-state index in [2.05, 4.69) is 15.5 Å². The van der Waals surface area contributed by atoms with Crippen LogP contribution in [0.1, 0.15) is 32.0 Å². The fraction of sp³-hybridized carbons (Fsp3) is 0.318. The number of hydrogen-bond acceptors (Lipinski definition) is 4. The number of benzene rings is 2. The molecule has 1 N–H and O–H groups in total. The predicted molar refractivity (Wildman–Crippen MR) is 118 cm³/mol. The lowest BCUT2D eigenvalue weighted by Gasteiger charge is -2.16. The van der Waals surface area contributed by atoms with E-state index in [9.17, 15) is 9.18 Å². The van der Waals surface area contributed by atoms with Gasteiger partial charge in [-0.05, 0) is 50.1 Å². The second kappa shape index (κ2) is 9.24. The first kappa shape index (κ1) is 21.6. The Morgan fingerprint density at radius 2 is 2.03 bits per heavy atom. The molecule has 1 aliphatic rings. The number of carbonyl (C=O) groups is 1. The summed E-state index contributed by atoms with van der Waals surface area (Å²) in [5.74, 6) is 0.811. The topological polar surface area (TPSA) is 69.0 Å². The zero-order chi connectivity index (χ0) is 22.0. The van der Waals surface area contributed by atoms with Crippen molar-refractivity contribution in [2.45, 2.75) is 45.3 Å². The summed E-state index contributed by atoms with van der Waals surface area (Å²) in [6, 6.07) is 9.31. The smallest absolute Gasteiger partial charge is 0.265 e. The Morgan fingerprint density at radius 1 is 1.19 bits per heavy atom. The number of nitrogens with zero attached hydrogens (tertiary/aromatic N) is 3. The molecule has 3 aromatic rings. The van der Waals surface area contributed by atoms with Crippen molar-refractivity contribution in [2.24, 2.45) is 0 Å². The number of aryl methyl sites for hydroxylation is 1. The van der Waals surface area contributed by atoms with Crippen molar-refractivity contribution in [2.75, 3.05) is 5.32 Å². The highest BCUT2D eigenvalue weighted by Gasteiger charge is 2.21. The number of hydrogen-bond donors (Lipinski definition) is 1. The molecule has 0 fully saturated rings. The minimum absolute atomic E-state index is 0.236. The van der Waals surface area contributed by atoms with Gasteiger partial charge >= 0.3 is 0 Å². The molecule has 2 aromatic carbocycles. The van der Waals surface area contributed by atoms with Crippen LogP contribution in [-0.2, 0) is 17.8 Å². The molecule has 0 saturated heterocycles. The molecule has 1 aromatic heterocycles. The van der Waals surface area contributed by atoms with E-state index in [-0.39, 0.29) is 5.02 Å². The lowest BCUT2D eigenvalue weighted by molar-refractivity contribution is -0.122. The molecule has 1 atom stereocenters. The summed E-state index contributed by atoms with van der Waals surface area (Å²) in [4.78, 5) is 12.6. The van der Waals surface area contributed by atoms with Crippen molar-refractivity contribution in [3.05, 3.63) is 58.1 Å². The fourth-order valence-corrected chi connectivity index (χ4v) is 3.86. The first-order valence-electron chi connectivity index (χ1n) is 10.1. The van der Waals surface area contributed by atoms with Crippen molar-refractivity contribution in [1.82, 2.24) is 14.8 Å². The summed E-state index contributed by atoms with van der Waals surface area (Å²) in [5.41, 5.74) is 0.727. The van der Waals surface area contributed by atoms with E-state index in [1.54, 1.807) is 31.2 Å². The zero-order valence-electron chi connectivity index (χ0n) is 16.9. The van der Waals surface area contributed by atoms with Gasteiger partial charge in [-0.15, -0.1) is 10.2 Å². The Bertz CT molecular complexity index is 1120. The van der Waals surface area contributed by atoms with Gasteiger partial charge in [-0.2, -0.15) is 0 Å². The van der Waals surface area contributed by atoms with Gasteiger partial charge in [0, 0.05) is 18.7 Å². The minimum Gasteiger partial charge on any atom is -0.479 e. The average molecular weight is 463 g/mol. The van der Waals surface area contributed by atoms with Crippen molar-refractivity contribution in [3.8, 4) is 17.1 Å². The molecule has 2 heterocycles. The van der Waals surface area contributed by atoms with Gasteiger partial charge < -0.3 is 14.6 Å². The number of anilines is 1. The van der Waals surface area contributed by atoms with Gasteiger partial charge in [-0.3, -0.25) is 4.79 Å². The maximum Gasteiger partial charge on any atom is 0.265 e. The number of aromatic nitrogens is 3. The summed E-state index contributed by atoms with van der Waals surface area (Å²) < 4.78 is 22.2. The summed E-state index contributed by atoms with van der Waals surface area (Å²) in [7, 11) is 0. The van der Waals surface area contributed by atoms with E-state index in [1.165, 1.54) is 12.1 Å². The van der Waals surface area contributed by atoms with Crippen LogP contribution < -0.4 is 10.1 Å². The average Bonchev–Trinajstić information content (AvgIpc) is 3.00. The minimum atomic E-state index is -0.853. The number of amides is 1. The Balaban J connectivity index is 1.53. The van der Waals surface area contributed by atoms with E-state index in [0.29, 0.717) is 27.8 Å². The van der Waals surface area contributed by atoms with E-state index < -0.39 is 17.8 Å². The molecule has 0 saturated carbocycles. The highest BCUT2D eigenvalue weighted by molar-refractivity contribution is 6.42. The van der Waals surface area contributed by atoms with Crippen LogP contribution in [0.15, 0.2) is 36.4 Å². The quantitative estimate of drug-likeness (QED) is 0.541. The van der Waals surface area contributed by atoms with E-state index in [4.69, 9.17) is 27.9 Å². The van der Waals surface area contributed by atoms with Crippen LogP contribution in [0, 0.1) is 5.82 Å². The molecule has 6 nitrogen and oxygen atoms in total. The fourth-order valence-electron chi connectivity index (χ4n) is 3.52. The largest absolute Gasteiger partial charge is 0.479 e. The first-order chi connectivity index (χ1) is 14.9. The van der Waals surface area contributed by atoms with Gasteiger partial charge in [0.2, 0.25) is 0 Å². The van der Waals surface area contributed by atoms with E-state index >= 15 is 0 Å². The lowest BCUT2D eigenvalue weighted by Crippen LogP contribution is -2.30. The summed E-state index contributed by atoms with van der Waals surface area (Å²) >= 11 is 12.1. The third-order valence-corrected chi connectivity index (χ3v) is 5.97. The van der Waals surface area contributed by atoms with Gasteiger partial charge in [0.1, 0.15) is 22.4 Å². The Morgan fingerprint density at radius 3 is 2.87 bits per heavy atom. The van der Waals surface area contributed by atoms with Crippen LogP contribution in [0.5, 0.6) is 5.75 Å². The number of ether oxygens (including phenoxy) is 1. The maximum atomic E-state index is 14.6. The molecule has 0 radical (unpaired) electrons. The Labute approximate surface area is 189 Å². The van der Waals surface area contributed by atoms with Gasteiger partial charge in [0.05, 0.1) is 10.6 Å². The second-order valence-corrected chi connectivity index (χ2v) is 8.18. The van der Waals surface area contributed by atoms with Crippen LogP contribution in [0.25, 0.3) is 11.4 Å². The lowest BCUT2D eigenvalue weighted by atomic mass is 10.1. The Kier molecular flexibility index (Phi) is 6.43. The van der Waals surface area contributed by atoms with Gasteiger partial charge in [0.15, 0.2) is 11.9 Å². The van der Waals surface area contributed by atoms with Crippen LogP contribution in [0.2, 0.25) is 10.0 Å². The summed E-state index contributed by atoms with van der Waals surface area (Å²) in [6.07, 6.45) is 3.12. The van der Waals surface area contributed by atoms with Crippen molar-refractivity contribution < 1.29 is 13.9 Å². The number of nitrogens with one attached hydrogen (secondary N) is 1. The van der Waals surface area contributed by atoms with E-state index in [1.807, 2.05) is 4.57 Å². The van der Waals surface area contributed by atoms with Gasteiger partial charge in [-0.1, -0.05) is 35.7 Å². The molecule has 9 heteroatoms.